The predicted molar refractivity (Wildman–Crippen MR) is 100 cm³/mol. The largest absolute Gasteiger partial charge is 0.434 e. The second-order valence-electron chi connectivity index (χ2n) is 7.04. The third-order valence-corrected chi connectivity index (χ3v) is 6.08. The van der Waals surface area contributed by atoms with Crippen molar-refractivity contribution in [1.82, 2.24) is 19.4 Å². The molecular formula is C18H21F3N4O3S. The van der Waals surface area contributed by atoms with E-state index in [4.69, 9.17) is 0 Å². The van der Waals surface area contributed by atoms with Gasteiger partial charge in [0, 0.05) is 19.1 Å². The number of carbonyl (C=O) groups excluding carboxylic acids is 1. The molecule has 0 bridgehead atoms. The summed E-state index contributed by atoms with van der Waals surface area (Å²) >= 11 is 0. The van der Waals surface area contributed by atoms with E-state index in [-0.39, 0.29) is 12.2 Å². The lowest BCUT2D eigenvalue weighted by molar-refractivity contribution is -0.143. The van der Waals surface area contributed by atoms with Crippen LogP contribution in [0, 0.1) is 6.92 Å². The number of rotatable bonds is 4. The second kappa shape index (κ2) is 7.79. The van der Waals surface area contributed by atoms with Gasteiger partial charge in [0.1, 0.15) is 0 Å². The molecule has 1 unspecified atom stereocenters. The standard InChI is InChI=1S/C18H21F3N4O3S/c1-12-6-3-4-8-15(12)25-16(18(19,20)21)14(10-22-25)17(26)23-13-7-5-9-24(11-13)29(2,27)28/h3-4,6,8,10,13H,5,7,9,11H2,1-2H3,(H,23,26). The monoisotopic (exact) mass is 430 g/mol. The number of piperidine rings is 1. The highest BCUT2D eigenvalue weighted by Gasteiger charge is 2.41. The molecule has 1 fully saturated rings. The normalized spacial score (nSPS) is 18.6. The molecule has 29 heavy (non-hydrogen) atoms. The number of benzene rings is 1. The zero-order valence-electron chi connectivity index (χ0n) is 15.9. The van der Waals surface area contributed by atoms with Crippen molar-refractivity contribution in [1.29, 1.82) is 0 Å². The minimum absolute atomic E-state index is 0.0256. The Morgan fingerprint density at radius 2 is 1.97 bits per heavy atom. The molecule has 1 aromatic heterocycles. The molecule has 1 aromatic carbocycles. The Labute approximate surface area is 166 Å². The number of nitrogens with one attached hydrogen (secondary N) is 1. The molecule has 2 heterocycles. The lowest BCUT2D eigenvalue weighted by Crippen LogP contribution is -2.49. The molecule has 7 nitrogen and oxygen atoms in total. The zero-order valence-corrected chi connectivity index (χ0v) is 16.7. The maximum absolute atomic E-state index is 13.8. The van der Waals surface area contributed by atoms with Crippen molar-refractivity contribution in [3.05, 3.63) is 47.3 Å². The summed E-state index contributed by atoms with van der Waals surface area (Å²) in [5.41, 5.74) is -0.971. The maximum atomic E-state index is 13.8. The lowest BCUT2D eigenvalue weighted by Gasteiger charge is -2.31. The number of aromatic nitrogens is 2. The summed E-state index contributed by atoms with van der Waals surface area (Å²) in [6.07, 6.45) is -1.87. The van der Waals surface area contributed by atoms with Gasteiger partial charge < -0.3 is 5.32 Å². The van der Waals surface area contributed by atoms with Crippen LogP contribution in [0.1, 0.15) is 34.5 Å². The first-order chi connectivity index (χ1) is 13.5. The highest BCUT2D eigenvalue weighted by molar-refractivity contribution is 7.88. The Balaban J connectivity index is 1.91. The molecule has 11 heteroatoms. The van der Waals surface area contributed by atoms with E-state index in [1.165, 1.54) is 10.4 Å². The Bertz CT molecular complexity index is 1020. The van der Waals surface area contributed by atoms with Crippen molar-refractivity contribution in [2.24, 2.45) is 0 Å². The van der Waals surface area contributed by atoms with E-state index < -0.39 is 39.4 Å². The summed E-state index contributed by atoms with van der Waals surface area (Å²) in [6, 6.07) is 5.85. The van der Waals surface area contributed by atoms with Crippen molar-refractivity contribution in [3.63, 3.8) is 0 Å². The van der Waals surface area contributed by atoms with Gasteiger partial charge in [0.05, 0.1) is 23.7 Å². The fourth-order valence-electron chi connectivity index (χ4n) is 3.40. The molecule has 0 radical (unpaired) electrons. The zero-order chi connectivity index (χ0) is 21.4. The fourth-order valence-corrected chi connectivity index (χ4v) is 4.31. The summed E-state index contributed by atoms with van der Waals surface area (Å²) in [4.78, 5) is 12.6. The minimum atomic E-state index is -4.81. The molecule has 2 aromatic rings. The second-order valence-corrected chi connectivity index (χ2v) is 9.02. The van der Waals surface area contributed by atoms with Crippen molar-refractivity contribution in [2.45, 2.75) is 32.0 Å². The maximum Gasteiger partial charge on any atom is 0.434 e. The smallest absolute Gasteiger partial charge is 0.348 e. The number of amides is 1. The average Bonchev–Trinajstić information content (AvgIpc) is 3.07. The van der Waals surface area contributed by atoms with E-state index in [1.807, 2.05) is 0 Å². The molecule has 0 spiro atoms. The Morgan fingerprint density at radius 3 is 2.59 bits per heavy atom. The van der Waals surface area contributed by atoms with Crippen molar-refractivity contribution >= 4 is 15.9 Å². The van der Waals surface area contributed by atoms with Gasteiger partial charge in [-0.2, -0.15) is 18.3 Å². The average molecular weight is 430 g/mol. The van der Waals surface area contributed by atoms with Gasteiger partial charge in [-0.1, -0.05) is 18.2 Å². The Hall–Kier alpha value is -2.40. The first-order valence-corrected chi connectivity index (χ1v) is 10.8. The minimum Gasteiger partial charge on any atom is -0.348 e. The third-order valence-electron chi connectivity index (χ3n) is 4.81. The van der Waals surface area contributed by atoms with Gasteiger partial charge in [-0.25, -0.2) is 17.4 Å². The van der Waals surface area contributed by atoms with Gasteiger partial charge >= 0.3 is 6.18 Å². The van der Waals surface area contributed by atoms with E-state index in [1.54, 1.807) is 25.1 Å². The van der Waals surface area contributed by atoms with Crippen LogP contribution in [0.2, 0.25) is 0 Å². The highest BCUT2D eigenvalue weighted by Crippen LogP contribution is 2.34. The topological polar surface area (TPSA) is 84.3 Å². The molecule has 1 aliphatic rings. The van der Waals surface area contributed by atoms with Gasteiger partial charge in [-0.3, -0.25) is 4.79 Å². The summed E-state index contributed by atoms with van der Waals surface area (Å²) < 4.78 is 66.7. The molecule has 0 aliphatic carbocycles. The highest BCUT2D eigenvalue weighted by atomic mass is 32.2. The quantitative estimate of drug-likeness (QED) is 0.807. The first-order valence-electron chi connectivity index (χ1n) is 8.95. The Kier molecular flexibility index (Phi) is 5.72. The van der Waals surface area contributed by atoms with E-state index in [9.17, 15) is 26.4 Å². The van der Waals surface area contributed by atoms with Crippen LogP contribution in [0.3, 0.4) is 0 Å². The van der Waals surface area contributed by atoms with Gasteiger partial charge in [0.2, 0.25) is 10.0 Å². The lowest BCUT2D eigenvalue weighted by atomic mass is 10.1. The molecule has 0 saturated carbocycles. The van der Waals surface area contributed by atoms with Gasteiger partial charge in [0.15, 0.2) is 5.69 Å². The SMILES string of the molecule is Cc1ccccc1-n1ncc(C(=O)NC2CCCN(S(C)(=O)=O)C2)c1C(F)(F)F. The number of hydrogen-bond acceptors (Lipinski definition) is 4. The summed E-state index contributed by atoms with van der Waals surface area (Å²) in [5, 5.41) is 6.34. The summed E-state index contributed by atoms with van der Waals surface area (Å²) in [6.45, 7) is 2.00. The van der Waals surface area contributed by atoms with E-state index >= 15 is 0 Å². The molecule has 1 amide bonds. The van der Waals surface area contributed by atoms with Crippen LogP contribution in [-0.2, 0) is 16.2 Å². The van der Waals surface area contributed by atoms with Gasteiger partial charge in [0.25, 0.3) is 5.91 Å². The number of carbonyl (C=O) groups is 1. The number of nitrogens with zero attached hydrogens (tertiary/aromatic N) is 3. The van der Waals surface area contributed by atoms with Crippen molar-refractivity contribution in [3.8, 4) is 5.69 Å². The van der Waals surface area contributed by atoms with Crippen LogP contribution in [0.25, 0.3) is 5.69 Å². The number of alkyl halides is 3. The molecule has 3 rings (SSSR count). The molecule has 1 saturated heterocycles. The van der Waals surface area contributed by atoms with E-state index in [2.05, 4.69) is 10.4 Å². The first kappa shape index (κ1) is 21.3. The number of para-hydroxylation sites is 1. The van der Waals surface area contributed by atoms with Crippen molar-refractivity contribution < 1.29 is 26.4 Å². The Morgan fingerprint density at radius 1 is 1.28 bits per heavy atom. The van der Waals surface area contributed by atoms with Crippen LogP contribution in [0.5, 0.6) is 0 Å². The number of halogens is 3. The molecule has 158 valence electrons. The van der Waals surface area contributed by atoms with Crippen LogP contribution < -0.4 is 5.32 Å². The summed E-state index contributed by atoms with van der Waals surface area (Å²) in [7, 11) is -3.44. The van der Waals surface area contributed by atoms with Crippen LogP contribution >= 0.6 is 0 Å². The van der Waals surface area contributed by atoms with Crippen LogP contribution in [-0.4, -0.2) is 53.8 Å². The number of aryl methyl sites for hydroxylation is 1. The summed E-state index contributed by atoms with van der Waals surface area (Å²) in [5.74, 6) is -0.933. The predicted octanol–water partition coefficient (Wildman–Crippen LogP) is 2.35. The van der Waals surface area contributed by atoms with Crippen molar-refractivity contribution in [2.75, 3.05) is 19.3 Å². The molecule has 1 N–H and O–H groups in total. The van der Waals surface area contributed by atoms with Crippen LogP contribution in [0.15, 0.2) is 30.5 Å². The number of sulfonamides is 1. The number of hydrogen-bond donors (Lipinski definition) is 1. The van der Waals surface area contributed by atoms with E-state index in [0.717, 1.165) is 12.5 Å². The fraction of sp³-hybridized carbons (Fsp3) is 0.444. The molecule has 1 aliphatic heterocycles. The van der Waals surface area contributed by atoms with Gasteiger partial charge in [-0.05, 0) is 31.4 Å². The molecular weight excluding hydrogens is 409 g/mol. The van der Waals surface area contributed by atoms with Gasteiger partial charge in [-0.15, -0.1) is 0 Å². The molecule has 1 atom stereocenters. The van der Waals surface area contributed by atoms with E-state index in [0.29, 0.717) is 29.6 Å². The van der Waals surface area contributed by atoms with Crippen LogP contribution in [0.4, 0.5) is 13.2 Å². The third kappa shape index (κ3) is 4.61.